The molecule has 0 nitrogen and oxygen atoms in total. The van der Waals surface area contributed by atoms with Gasteiger partial charge in [0.2, 0.25) is 0 Å². The van der Waals surface area contributed by atoms with Crippen molar-refractivity contribution in [3.8, 4) is 0 Å². The molecule has 1 unspecified atom stereocenters. The summed E-state index contributed by atoms with van der Waals surface area (Å²) in [5.41, 5.74) is 1.44. The quantitative estimate of drug-likeness (QED) is 0.474. The van der Waals surface area contributed by atoms with Gasteiger partial charge in [0.05, 0.1) is 6.26 Å². The average Bonchev–Trinajstić information content (AvgIpc) is 2.06. The summed E-state index contributed by atoms with van der Waals surface area (Å²) in [4.78, 5) is 0. The second kappa shape index (κ2) is 7.05. The SMILES string of the molecule is C=CC[S+](C)Cc1ccccc1.[Cl-]. The van der Waals surface area contributed by atoms with E-state index in [9.17, 15) is 0 Å². The molecule has 0 fully saturated rings. The third kappa shape index (κ3) is 5.02. The summed E-state index contributed by atoms with van der Waals surface area (Å²) < 4.78 is 0. The lowest BCUT2D eigenvalue weighted by Gasteiger charge is -1.99. The van der Waals surface area contributed by atoms with Crippen LogP contribution in [0.15, 0.2) is 43.0 Å². The molecule has 1 rings (SSSR count). The van der Waals surface area contributed by atoms with E-state index in [0.717, 1.165) is 5.75 Å². The summed E-state index contributed by atoms with van der Waals surface area (Å²) >= 11 is 0. The van der Waals surface area contributed by atoms with Gasteiger partial charge in [-0.05, 0) is 17.0 Å². The van der Waals surface area contributed by atoms with E-state index in [1.54, 1.807) is 0 Å². The Hall–Kier alpha value is -0.400. The van der Waals surface area contributed by atoms with E-state index in [1.807, 2.05) is 6.08 Å². The van der Waals surface area contributed by atoms with Crippen LogP contribution in [-0.2, 0) is 16.6 Å². The topological polar surface area (TPSA) is 0 Å². The van der Waals surface area contributed by atoms with E-state index in [4.69, 9.17) is 0 Å². The molecular formula is C11H15ClS. The van der Waals surface area contributed by atoms with Gasteiger partial charge >= 0.3 is 0 Å². The predicted octanol–water partition coefficient (Wildman–Crippen LogP) is -0.375. The van der Waals surface area contributed by atoms with Crippen LogP contribution in [0, 0.1) is 0 Å². The zero-order valence-corrected chi connectivity index (χ0v) is 9.44. The van der Waals surface area contributed by atoms with E-state index < -0.39 is 0 Å². The van der Waals surface area contributed by atoms with Gasteiger partial charge < -0.3 is 12.4 Å². The van der Waals surface area contributed by atoms with Gasteiger partial charge in [0.15, 0.2) is 0 Å². The van der Waals surface area contributed by atoms with E-state index in [0.29, 0.717) is 10.9 Å². The van der Waals surface area contributed by atoms with Crippen molar-refractivity contribution in [1.29, 1.82) is 0 Å². The Bertz CT molecular complexity index is 233. The Morgan fingerprint density at radius 2 is 1.92 bits per heavy atom. The molecule has 1 aromatic rings. The maximum Gasteiger partial charge on any atom is 0.133 e. The Balaban J connectivity index is 0.00000144. The minimum atomic E-state index is 0. The summed E-state index contributed by atoms with van der Waals surface area (Å²) in [5, 5.41) is 0. The Morgan fingerprint density at radius 1 is 1.31 bits per heavy atom. The van der Waals surface area contributed by atoms with Gasteiger partial charge in [-0.3, -0.25) is 0 Å². The van der Waals surface area contributed by atoms with E-state index in [-0.39, 0.29) is 12.4 Å². The van der Waals surface area contributed by atoms with Gasteiger partial charge in [-0.2, -0.15) is 0 Å². The van der Waals surface area contributed by atoms with Crippen molar-refractivity contribution < 1.29 is 12.4 Å². The molecular weight excluding hydrogens is 200 g/mol. The minimum absolute atomic E-state index is 0. The first-order valence-electron chi connectivity index (χ1n) is 4.07. The fourth-order valence-corrected chi connectivity index (χ4v) is 2.40. The highest BCUT2D eigenvalue weighted by Crippen LogP contribution is 2.06. The normalized spacial score (nSPS) is 11.5. The standard InChI is InChI=1S/C11H15S.ClH/c1-3-9-12(2)10-11-7-5-4-6-8-11;/h3-8H,1,9-10H2,2H3;1H/q+1;/p-1. The first kappa shape index (κ1) is 12.6. The highest BCUT2D eigenvalue weighted by Gasteiger charge is 2.08. The van der Waals surface area contributed by atoms with Crippen molar-refractivity contribution in [2.45, 2.75) is 5.75 Å². The van der Waals surface area contributed by atoms with Crippen molar-refractivity contribution in [2.75, 3.05) is 12.0 Å². The van der Waals surface area contributed by atoms with Crippen LogP contribution in [0.4, 0.5) is 0 Å². The molecule has 0 saturated heterocycles. The van der Waals surface area contributed by atoms with Crippen molar-refractivity contribution in [2.24, 2.45) is 0 Å². The maximum absolute atomic E-state index is 3.75. The molecule has 0 aliphatic heterocycles. The van der Waals surface area contributed by atoms with Crippen molar-refractivity contribution in [3.05, 3.63) is 48.6 Å². The third-order valence-electron chi connectivity index (χ3n) is 1.66. The molecule has 0 heterocycles. The summed E-state index contributed by atoms with van der Waals surface area (Å²) in [5.74, 6) is 2.32. The highest BCUT2D eigenvalue weighted by atomic mass is 35.5. The van der Waals surface area contributed by atoms with Crippen molar-refractivity contribution in [3.63, 3.8) is 0 Å². The van der Waals surface area contributed by atoms with Crippen LogP contribution in [0.3, 0.4) is 0 Å². The van der Waals surface area contributed by atoms with Crippen LogP contribution >= 0.6 is 0 Å². The Labute approximate surface area is 89.8 Å². The highest BCUT2D eigenvalue weighted by molar-refractivity contribution is 7.95. The zero-order valence-electron chi connectivity index (χ0n) is 7.87. The molecule has 1 aromatic carbocycles. The van der Waals surface area contributed by atoms with Gasteiger partial charge in [-0.15, -0.1) is 0 Å². The van der Waals surface area contributed by atoms with Gasteiger partial charge in [0.1, 0.15) is 11.5 Å². The third-order valence-corrected chi connectivity index (χ3v) is 3.29. The average molecular weight is 215 g/mol. The zero-order chi connectivity index (χ0) is 8.81. The maximum atomic E-state index is 3.75. The molecule has 1 atom stereocenters. The van der Waals surface area contributed by atoms with Crippen LogP contribution in [0.2, 0.25) is 0 Å². The summed E-state index contributed by atoms with van der Waals surface area (Å²) in [7, 11) is 0.461. The Kier molecular flexibility index (Phi) is 6.83. The fraction of sp³-hybridized carbons (Fsp3) is 0.273. The number of benzene rings is 1. The number of halogens is 1. The molecule has 0 N–H and O–H groups in total. The van der Waals surface area contributed by atoms with Gasteiger partial charge in [0, 0.05) is 5.56 Å². The predicted molar refractivity (Wildman–Crippen MR) is 58.5 cm³/mol. The second-order valence-electron chi connectivity index (χ2n) is 2.87. The lowest BCUT2D eigenvalue weighted by molar-refractivity contribution is -0.00000257. The van der Waals surface area contributed by atoms with Crippen LogP contribution in [0.1, 0.15) is 5.56 Å². The van der Waals surface area contributed by atoms with E-state index in [2.05, 4.69) is 43.2 Å². The fourth-order valence-electron chi connectivity index (χ4n) is 1.12. The molecule has 0 amide bonds. The second-order valence-corrected chi connectivity index (χ2v) is 5.05. The Morgan fingerprint density at radius 3 is 2.46 bits per heavy atom. The molecule has 13 heavy (non-hydrogen) atoms. The van der Waals surface area contributed by atoms with Crippen molar-refractivity contribution >= 4 is 10.9 Å². The molecule has 0 aromatic heterocycles. The van der Waals surface area contributed by atoms with Gasteiger partial charge in [0.25, 0.3) is 0 Å². The lowest BCUT2D eigenvalue weighted by atomic mass is 10.2. The van der Waals surface area contributed by atoms with Gasteiger partial charge in [-0.1, -0.05) is 36.9 Å². The summed E-state index contributed by atoms with van der Waals surface area (Å²) in [6.45, 7) is 3.75. The van der Waals surface area contributed by atoms with Crippen LogP contribution < -0.4 is 12.4 Å². The number of rotatable bonds is 4. The van der Waals surface area contributed by atoms with E-state index >= 15 is 0 Å². The largest absolute Gasteiger partial charge is 1.00 e. The van der Waals surface area contributed by atoms with Crippen molar-refractivity contribution in [1.82, 2.24) is 0 Å². The number of hydrogen-bond acceptors (Lipinski definition) is 0. The lowest BCUT2D eigenvalue weighted by Crippen LogP contribution is -3.00. The molecule has 72 valence electrons. The monoisotopic (exact) mass is 214 g/mol. The van der Waals surface area contributed by atoms with Crippen LogP contribution in [0.5, 0.6) is 0 Å². The first-order valence-corrected chi connectivity index (χ1v) is 6.04. The minimum Gasteiger partial charge on any atom is -1.00 e. The van der Waals surface area contributed by atoms with E-state index in [1.165, 1.54) is 11.3 Å². The molecule has 2 heteroatoms. The van der Waals surface area contributed by atoms with Gasteiger partial charge in [-0.25, -0.2) is 0 Å². The van der Waals surface area contributed by atoms with Crippen LogP contribution in [0.25, 0.3) is 0 Å². The molecule has 0 aliphatic rings. The number of hydrogen-bond donors (Lipinski definition) is 0. The molecule has 0 radical (unpaired) electrons. The smallest absolute Gasteiger partial charge is 0.133 e. The van der Waals surface area contributed by atoms with Crippen LogP contribution in [-0.4, -0.2) is 12.0 Å². The molecule has 0 aliphatic carbocycles. The first-order chi connectivity index (χ1) is 5.83. The molecule has 0 bridgehead atoms. The summed E-state index contributed by atoms with van der Waals surface area (Å²) in [6, 6.07) is 10.6. The molecule has 0 saturated carbocycles. The molecule has 0 spiro atoms. The summed E-state index contributed by atoms with van der Waals surface area (Å²) in [6.07, 6.45) is 4.29.